The largest absolute Gasteiger partial charge is 0.477 e. The second-order valence-corrected chi connectivity index (χ2v) is 11.6. The van der Waals surface area contributed by atoms with E-state index in [-0.39, 0.29) is 17.4 Å². The summed E-state index contributed by atoms with van der Waals surface area (Å²) in [5.74, 6) is 2.92. The van der Waals surface area contributed by atoms with Gasteiger partial charge >= 0.3 is 0 Å². The van der Waals surface area contributed by atoms with Crippen molar-refractivity contribution in [3.63, 3.8) is 0 Å². The minimum Gasteiger partial charge on any atom is -0.477 e. The van der Waals surface area contributed by atoms with Crippen molar-refractivity contribution in [2.24, 2.45) is 17.8 Å². The number of fused-ring (bicyclic) bond motifs is 1. The fourth-order valence-corrected chi connectivity index (χ4v) is 6.20. The predicted octanol–water partition coefficient (Wildman–Crippen LogP) is 2.99. The molecule has 1 saturated carbocycles. The zero-order valence-electron chi connectivity index (χ0n) is 22.4. The van der Waals surface area contributed by atoms with Crippen molar-refractivity contribution >= 4 is 11.8 Å². The molecule has 3 saturated heterocycles. The molecule has 2 atom stereocenters. The number of ether oxygens (including phenoxy) is 2. The van der Waals surface area contributed by atoms with Crippen molar-refractivity contribution in [1.82, 2.24) is 19.9 Å². The van der Waals surface area contributed by atoms with Crippen molar-refractivity contribution in [1.29, 1.82) is 0 Å². The average molecular weight is 539 g/mol. The van der Waals surface area contributed by atoms with Gasteiger partial charge in [-0.15, -0.1) is 0 Å². The number of likely N-dealkylation sites (tertiary alicyclic amines) is 2. The Bertz CT molecular complexity index is 1210. The van der Waals surface area contributed by atoms with Gasteiger partial charge in [0.15, 0.2) is 0 Å². The van der Waals surface area contributed by atoms with E-state index in [2.05, 4.69) is 5.16 Å². The number of carbonyl (C=O) groups excluding carboxylic acids is 2. The van der Waals surface area contributed by atoms with Gasteiger partial charge in [0.1, 0.15) is 5.76 Å². The number of carbonyl (C=O) groups is 2. The Morgan fingerprint density at radius 1 is 0.974 bits per heavy atom. The zero-order chi connectivity index (χ0) is 26.8. The van der Waals surface area contributed by atoms with Crippen LogP contribution in [-0.4, -0.2) is 77.8 Å². The van der Waals surface area contributed by atoms with Crippen LogP contribution in [0.25, 0.3) is 0 Å². The molecule has 0 radical (unpaired) electrons. The first-order valence-electron chi connectivity index (χ1n) is 14.5. The molecule has 0 spiro atoms. The van der Waals surface area contributed by atoms with Crippen molar-refractivity contribution in [2.45, 2.75) is 57.3 Å². The van der Waals surface area contributed by atoms with E-state index in [1.54, 1.807) is 0 Å². The number of amides is 2. The first kappa shape index (κ1) is 26.1. The van der Waals surface area contributed by atoms with Gasteiger partial charge in [0.2, 0.25) is 11.8 Å². The van der Waals surface area contributed by atoms with Crippen LogP contribution in [0, 0.1) is 17.8 Å². The van der Waals surface area contributed by atoms with E-state index >= 15 is 0 Å². The molecule has 6 rings (SSSR count). The number of rotatable bonds is 8. The lowest BCUT2D eigenvalue weighted by Gasteiger charge is -2.24. The van der Waals surface area contributed by atoms with Gasteiger partial charge in [-0.1, -0.05) is 0 Å². The highest BCUT2D eigenvalue weighted by molar-refractivity contribution is 5.94. The van der Waals surface area contributed by atoms with Crippen molar-refractivity contribution < 1.29 is 23.6 Å². The highest BCUT2D eigenvalue weighted by atomic mass is 16.5. The van der Waals surface area contributed by atoms with Gasteiger partial charge in [0.05, 0.1) is 6.61 Å². The number of hydrogen-bond donors (Lipinski definition) is 1. The maximum atomic E-state index is 13.6. The summed E-state index contributed by atoms with van der Waals surface area (Å²) in [6.45, 7) is 5.01. The molecule has 0 unspecified atom stereocenters. The third kappa shape index (κ3) is 6.37. The third-order valence-electron chi connectivity index (χ3n) is 8.79. The number of H-pyrrole nitrogens is 1. The van der Waals surface area contributed by atoms with Crippen LogP contribution in [0.15, 0.2) is 27.5 Å². The fourth-order valence-electron chi connectivity index (χ4n) is 6.20. The van der Waals surface area contributed by atoms with Crippen LogP contribution in [-0.2, 0) is 16.0 Å². The second-order valence-electron chi connectivity index (χ2n) is 11.6. The second kappa shape index (κ2) is 11.5. The number of hydrogen-bond acceptors (Lipinski definition) is 7. The summed E-state index contributed by atoms with van der Waals surface area (Å²) in [4.78, 5) is 46.3. The topological polar surface area (TPSA) is 118 Å². The minimum atomic E-state index is -0.283. The van der Waals surface area contributed by atoms with E-state index in [0.717, 1.165) is 70.5 Å². The number of aromatic nitrogens is 2. The molecule has 4 aliphatic rings. The summed E-state index contributed by atoms with van der Waals surface area (Å²) in [6.07, 6.45) is 6.76. The molecule has 5 heterocycles. The van der Waals surface area contributed by atoms with Crippen LogP contribution in [0.5, 0.6) is 5.88 Å². The Kier molecular flexibility index (Phi) is 7.72. The summed E-state index contributed by atoms with van der Waals surface area (Å²) in [7, 11) is 0. The number of aromatic amines is 1. The number of nitrogens with one attached hydrogen (secondary N) is 1. The molecule has 0 aromatic carbocycles. The molecule has 3 aliphatic heterocycles. The van der Waals surface area contributed by atoms with Crippen molar-refractivity contribution in [3.8, 4) is 5.88 Å². The van der Waals surface area contributed by atoms with Crippen molar-refractivity contribution in [3.05, 3.63) is 45.6 Å². The van der Waals surface area contributed by atoms with Crippen LogP contribution >= 0.6 is 0 Å². The maximum Gasteiger partial charge on any atom is 0.280 e. The van der Waals surface area contributed by atoms with E-state index in [9.17, 15) is 14.4 Å². The first-order chi connectivity index (χ1) is 19.0. The molecule has 1 aliphatic carbocycles. The normalized spacial score (nSPS) is 23.9. The Morgan fingerprint density at radius 3 is 2.38 bits per heavy atom. The Morgan fingerprint density at radius 2 is 1.72 bits per heavy atom. The Hall–Kier alpha value is -3.14. The van der Waals surface area contributed by atoms with Crippen LogP contribution in [0.1, 0.15) is 72.7 Å². The quantitative estimate of drug-likeness (QED) is 0.549. The molecular weight excluding hydrogens is 500 g/mol. The van der Waals surface area contributed by atoms with Gasteiger partial charge in [-0.2, -0.15) is 5.16 Å². The van der Waals surface area contributed by atoms with Gasteiger partial charge in [0.25, 0.3) is 11.5 Å². The molecule has 0 bridgehead atoms. The van der Waals surface area contributed by atoms with Gasteiger partial charge < -0.3 is 23.8 Å². The molecule has 10 nitrogen and oxygen atoms in total. The van der Waals surface area contributed by atoms with E-state index in [0.29, 0.717) is 73.4 Å². The summed E-state index contributed by atoms with van der Waals surface area (Å²) in [5.41, 5.74) is 1.37. The summed E-state index contributed by atoms with van der Waals surface area (Å²) in [5, 5.41) is 2.27. The lowest BCUT2D eigenvalue weighted by atomic mass is 9.92. The maximum absolute atomic E-state index is 13.6. The summed E-state index contributed by atoms with van der Waals surface area (Å²) >= 11 is 0. The van der Waals surface area contributed by atoms with E-state index in [4.69, 9.17) is 19.0 Å². The van der Waals surface area contributed by atoms with E-state index in [1.807, 2.05) is 21.9 Å². The molecule has 210 valence electrons. The standard InChI is InChI=1S/C29H38N4O6/c34-26-15-24(39-31-26)3-4-28(35)33-16-21-5-9-32(10-6-22(21)17-33)29(36)23-13-25(20-1-2-20)30-27(14-23)38-18-19-7-11-37-12-8-19/h13-15,19-22H,1-12,16-18H2,(H,31,34)/t21-,22+. The van der Waals surface area contributed by atoms with Gasteiger partial charge in [-0.05, 0) is 62.3 Å². The molecular formula is C29H38N4O6. The monoisotopic (exact) mass is 538 g/mol. The smallest absolute Gasteiger partial charge is 0.280 e. The zero-order valence-corrected chi connectivity index (χ0v) is 22.4. The van der Waals surface area contributed by atoms with E-state index in [1.165, 1.54) is 6.07 Å². The van der Waals surface area contributed by atoms with Crippen LogP contribution in [0.2, 0.25) is 0 Å². The van der Waals surface area contributed by atoms with Crippen LogP contribution < -0.4 is 10.3 Å². The van der Waals surface area contributed by atoms with Crippen LogP contribution in [0.4, 0.5) is 0 Å². The van der Waals surface area contributed by atoms with Crippen LogP contribution in [0.3, 0.4) is 0 Å². The summed E-state index contributed by atoms with van der Waals surface area (Å²) < 4.78 is 16.6. The SMILES string of the molecule is O=C(CCc1cc(=O)[nH]o1)N1C[C@H]2CCN(C(=O)c3cc(OCC4CCOCC4)nc(C4CC4)c3)CC[C@H]2C1. The van der Waals surface area contributed by atoms with Gasteiger partial charge in [-0.3, -0.25) is 14.4 Å². The Labute approximate surface area is 228 Å². The molecule has 10 heteroatoms. The number of nitrogens with zero attached hydrogens (tertiary/aromatic N) is 3. The molecule has 4 fully saturated rings. The van der Waals surface area contributed by atoms with Crippen molar-refractivity contribution in [2.75, 3.05) is 46.0 Å². The molecule has 2 aromatic heterocycles. The number of aryl methyl sites for hydroxylation is 1. The molecule has 2 aromatic rings. The number of pyridine rings is 1. The first-order valence-corrected chi connectivity index (χ1v) is 14.5. The molecule has 39 heavy (non-hydrogen) atoms. The Balaban J connectivity index is 1.04. The molecule has 1 N–H and O–H groups in total. The minimum absolute atomic E-state index is 0.0520. The highest BCUT2D eigenvalue weighted by Crippen LogP contribution is 2.40. The lowest BCUT2D eigenvalue weighted by molar-refractivity contribution is -0.130. The fraction of sp³-hybridized carbons (Fsp3) is 0.655. The lowest BCUT2D eigenvalue weighted by Crippen LogP contribution is -2.34. The molecule has 2 amide bonds. The van der Waals surface area contributed by atoms with Gasteiger partial charge in [-0.25, -0.2) is 4.98 Å². The van der Waals surface area contributed by atoms with Gasteiger partial charge in [0, 0.05) is 81.5 Å². The summed E-state index contributed by atoms with van der Waals surface area (Å²) in [6, 6.07) is 5.19. The van der Waals surface area contributed by atoms with E-state index < -0.39 is 0 Å². The average Bonchev–Trinajstić information content (AvgIpc) is 3.66. The predicted molar refractivity (Wildman–Crippen MR) is 142 cm³/mol. The highest BCUT2D eigenvalue weighted by Gasteiger charge is 2.38. The third-order valence-corrected chi connectivity index (χ3v) is 8.79.